The summed E-state index contributed by atoms with van der Waals surface area (Å²) in [5.41, 5.74) is 7.42. The van der Waals surface area contributed by atoms with E-state index in [0.717, 1.165) is 5.56 Å². The number of benzene rings is 1. The number of nitrogens with two attached hydrogens (primary N) is 1. The first-order valence-corrected chi connectivity index (χ1v) is 7.96. The SMILES string of the molecule is COc1ccc2cc1Cn1c(O)nc3c(N)nc(nc31)OC/C=C\CO2. The number of aromatic nitrogens is 4. The van der Waals surface area contributed by atoms with Crippen LogP contribution in [0, 0.1) is 0 Å². The van der Waals surface area contributed by atoms with Gasteiger partial charge in [-0.1, -0.05) is 0 Å². The predicted molar refractivity (Wildman–Crippen MR) is 93.6 cm³/mol. The Morgan fingerprint density at radius 2 is 1.96 bits per heavy atom. The monoisotopic (exact) mass is 355 g/mol. The lowest BCUT2D eigenvalue weighted by atomic mass is 10.2. The molecular weight excluding hydrogens is 338 g/mol. The minimum Gasteiger partial charge on any atom is -0.496 e. The van der Waals surface area contributed by atoms with Crippen LogP contribution in [-0.4, -0.2) is 44.9 Å². The van der Waals surface area contributed by atoms with E-state index in [1.165, 1.54) is 4.57 Å². The summed E-state index contributed by atoms with van der Waals surface area (Å²) < 4.78 is 18.2. The van der Waals surface area contributed by atoms with Gasteiger partial charge in [-0.15, -0.1) is 0 Å². The molecule has 4 bridgehead atoms. The van der Waals surface area contributed by atoms with Gasteiger partial charge in [0.15, 0.2) is 17.0 Å². The molecule has 1 aromatic carbocycles. The van der Waals surface area contributed by atoms with Crippen molar-refractivity contribution in [3.05, 3.63) is 35.9 Å². The highest BCUT2D eigenvalue weighted by atomic mass is 16.5. The molecule has 26 heavy (non-hydrogen) atoms. The maximum atomic E-state index is 10.3. The van der Waals surface area contributed by atoms with Gasteiger partial charge in [0.1, 0.15) is 24.7 Å². The van der Waals surface area contributed by atoms with Crippen molar-refractivity contribution in [1.82, 2.24) is 19.5 Å². The Balaban J connectivity index is 1.90. The molecule has 0 amide bonds. The van der Waals surface area contributed by atoms with Crippen molar-refractivity contribution in [2.75, 3.05) is 26.1 Å². The standard InChI is InChI=1S/C17H17N5O4/c1-24-12-5-4-11-8-10(12)9-22-15-13(19-17(22)23)14(18)20-16(21-15)26-7-3-2-6-25-11/h2-5,8H,6-7,9H2,1H3,(H,19,23)(H2,18,20,21)/b3-2-. The third kappa shape index (κ3) is 2.83. The summed E-state index contributed by atoms with van der Waals surface area (Å²) in [6.07, 6.45) is 3.64. The molecule has 4 rings (SSSR count). The molecule has 1 aliphatic rings. The number of nitrogen functional groups attached to an aromatic ring is 1. The lowest BCUT2D eigenvalue weighted by Gasteiger charge is -2.13. The molecule has 2 aromatic heterocycles. The lowest BCUT2D eigenvalue weighted by Crippen LogP contribution is -2.07. The van der Waals surface area contributed by atoms with Crippen molar-refractivity contribution in [1.29, 1.82) is 0 Å². The summed E-state index contributed by atoms with van der Waals surface area (Å²) in [4.78, 5) is 12.5. The molecule has 9 nitrogen and oxygen atoms in total. The van der Waals surface area contributed by atoms with Crippen molar-refractivity contribution in [3.63, 3.8) is 0 Å². The smallest absolute Gasteiger partial charge is 0.320 e. The third-order valence-corrected chi connectivity index (χ3v) is 3.98. The van der Waals surface area contributed by atoms with Crippen LogP contribution in [0.15, 0.2) is 30.4 Å². The summed E-state index contributed by atoms with van der Waals surface area (Å²) in [6, 6.07) is 5.38. The Labute approximate surface area is 148 Å². The molecule has 0 radical (unpaired) electrons. The minimum atomic E-state index is -0.224. The lowest BCUT2D eigenvalue weighted by molar-refractivity contribution is 0.329. The topological polar surface area (TPSA) is 118 Å². The summed E-state index contributed by atoms with van der Waals surface area (Å²) in [5.74, 6) is 1.47. The first kappa shape index (κ1) is 16.0. The number of imidazole rings is 1. The second-order valence-corrected chi connectivity index (χ2v) is 5.63. The van der Waals surface area contributed by atoms with Crippen LogP contribution in [0.3, 0.4) is 0 Å². The number of nitrogens with zero attached hydrogens (tertiary/aromatic N) is 4. The van der Waals surface area contributed by atoms with E-state index in [1.54, 1.807) is 13.2 Å². The van der Waals surface area contributed by atoms with Gasteiger partial charge in [-0.2, -0.15) is 15.0 Å². The van der Waals surface area contributed by atoms with Gasteiger partial charge in [-0.3, -0.25) is 4.57 Å². The highest BCUT2D eigenvalue weighted by Crippen LogP contribution is 2.30. The van der Waals surface area contributed by atoms with Gasteiger partial charge in [0.05, 0.1) is 13.7 Å². The van der Waals surface area contributed by atoms with Crippen molar-refractivity contribution < 1.29 is 19.3 Å². The molecule has 9 heteroatoms. The zero-order valence-corrected chi connectivity index (χ0v) is 14.0. The molecule has 3 heterocycles. The molecule has 0 unspecified atom stereocenters. The Kier molecular flexibility index (Phi) is 3.96. The van der Waals surface area contributed by atoms with Crippen LogP contribution < -0.4 is 19.9 Å². The highest BCUT2D eigenvalue weighted by molar-refractivity contribution is 5.83. The van der Waals surface area contributed by atoms with Crippen LogP contribution >= 0.6 is 0 Å². The molecule has 0 saturated heterocycles. The number of hydrogen-bond acceptors (Lipinski definition) is 8. The zero-order chi connectivity index (χ0) is 18.1. The predicted octanol–water partition coefficient (Wildman–Crippen LogP) is 1.50. The summed E-state index contributed by atoms with van der Waals surface area (Å²) in [5, 5.41) is 10.3. The molecule has 0 aliphatic carbocycles. The Bertz CT molecular complexity index is 998. The van der Waals surface area contributed by atoms with Crippen LogP contribution in [0.5, 0.6) is 23.5 Å². The second kappa shape index (κ2) is 6.43. The fourth-order valence-electron chi connectivity index (χ4n) is 2.74. The molecular formula is C17H17N5O4. The van der Waals surface area contributed by atoms with Gasteiger partial charge in [0, 0.05) is 5.56 Å². The number of hydrogen-bond donors (Lipinski definition) is 2. The fourth-order valence-corrected chi connectivity index (χ4v) is 2.74. The van der Waals surface area contributed by atoms with E-state index in [1.807, 2.05) is 24.3 Å². The van der Waals surface area contributed by atoms with E-state index >= 15 is 0 Å². The van der Waals surface area contributed by atoms with E-state index in [0.29, 0.717) is 29.3 Å². The van der Waals surface area contributed by atoms with E-state index < -0.39 is 0 Å². The number of fused-ring (bicyclic) bond motifs is 3. The molecule has 0 spiro atoms. The number of rotatable bonds is 1. The van der Waals surface area contributed by atoms with Crippen molar-refractivity contribution in [2.45, 2.75) is 6.54 Å². The largest absolute Gasteiger partial charge is 0.496 e. The molecule has 134 valence electrons. The number of ether oxygens (including phenoxy) is 3. The van der Waals surface area contributed by atoms with E-state index in [4.69, 9.17) is 19.9 Å². The van der Waals surface area contributed by atoms with Gasteiger partial charge in [-0.05, 0) is 30.4 Å². The molecule has 1 aliphatic heterocycles. The first-order valence-electron chi connectivity index (χ1n) is 7.96. The summed E-state index contributed by atoms with van der Waals surface area (Å²) >= 11 is 0. The molecule has 0 atom stereocenters. The second-order valence-electron chi connectivity index (χ2n) is 5.63. The number of aromatic hydroxyl groups is 1. The average Bonchev–Trinajstić information content (AvgIpc) is 2.94. The van der Waals surface area contributed by atoms with E-state index in [2.05, 4.69) is 15.0 Å². The molecule has 0 saturated carbocycles. The summed E-state index contributed by atoms with van der Waals surface area (Å²) in [6.45, 7) is 0.912. The van der Waals surface area contributed by atoms with E-state index in [9.17, 15) is 5.11 Å². The van der Waals surface area contributed by atoms with Crippen LogP contribution in [0.1, 0.15) is 5.56 Å². The molecule has 0 fully saturated rings. The maximum Gasteiger partial charge on any atom is 0.320 e. The van der Waals surface area contributed by atoms with Crippen molar-refractivity contribution >= 4 is 17.0 Å². The number of anilines is 1. The van der Waals surface area contributed by atoms with Gasteiger partial charge < -0.3 is 25.1 Å². The van der Waals surface area contributed by atoms with Gasteiger partial charge in [0.25, 0.3) is 6.01 Å². The van der Waals surface area contributed by atoms with Gasteiger partial charge in [0.2, 0.25) is 0 Å². The Hall–Kier alpha value is -3.49. The maximum absolute atomic E-state index is 10.3. The highest BCUT2D eigenvalue weighted by Gasteiger charge is 2.18. The van der Waals surface area contributed by atoms with Gasteiger partial charge >= 0.3 is 6.01 Å². The van der Waals surface area contributed by atoms with Crippen LogP contribution in [0.4, 0.5) is 5.82 Å². The van der Waals surface area contributed by atoms with Crippen LogP contribution in [-0.2, 0) is 6.54 Å². The molecule has 3 N–H and O–H groups in total. The van der Waals surface area contributed by atoms with Crippen LogP contribution in [0.2, 0.25) is 0 Å². The van der Waals surface area contributed by atoms with Crippen molar-refractivity contribution in [2.24, 2.45) is 0 Å². The number of methoxy groups -OCH3 is 1. The quantitative estimate of drug-likeness (QED) is 0.631. The Morgan fingerprint density at radius 3 is 2.77 bits per heavy atom. The average molecular weight is 355 g/mol. The summed E-state index contributed by atoms with van der Waals surface area (Å²) in [7, 11) is 1.58. The first-order chi connectivity index (χ1) is 12.7. The minimum absolute atomic E-state index is 0.111. The van der Waals surface area contributed by atoms with E-state index in [-0.39, 0.29) is 31.0 Å². The fraction of sp³-hybridized carbons (Fsp3) is 0.235. The third-order valence-electron chi connectivity index (χ3n) is 3.98. The Morgan fingerprint density at radius 1 is 1.15 bits per heavy atom. The van der Waals surface area contributed by atoms with Gasteiger partial charge in [-0.25, -0.2) is 0 Å². The van der Waals surface area contributed by atoms with Crippen molar-refractivity contribution in [3.8, 4) is 23.5 Å². The zero-order valence-electron chi connectivity index (χ0n) is 14.0. The normalized spacial score (nSPS) is 15.1. The van der Waals surface area contributed by atoms with Crippen LogP contribution in [0.25, 0.3) is 11.2 Å². The molecule has 3 aromatic rings.